The van der Waals surface area contributed by atoms with E-state index in [1.54, 1.807) is 0 Å². The minimum Gasteiger partial charge on any atom is -0.494 e. The van der Waals surface area contributed by atoms with Crippen molar-refractivity contribution >= 4 is 44.3 Å². The Morgan fingerprint density at radius 2 is 0.661 bits per heavy atom. The Kier molecular flexibility index (Phi) is 19.9. The summed E-state index contributed by atoms with van der Waals surface area (Å²) in [5, 5.41) is 41.4. The van der Waals surface area contributed by atoms with E-state index in [9.17, 15) is 0 Å². The first-order valence-corrected chi connectivity index (χ1v) is 23.3. The van der Waals surface area contributed by atoms with E-state index in [1.807, 2.05) is 60.7 Å². The lowest BCUT2D eigenvalue weighted by molar-refractivity contribution is 0.282. The van der Waals surface area contributed by atoms with E-state index in [4.69, 9.17) is 40.1 Å². The van der Waals surface area contributed by atoms with Gasteiger partial charge in [0.05, 0.1) is 36.0 Å². The molecular weight excluding hydrogens is 769 g/mol. The summed E-state index contributed by atoms with van der Waals surface area (Å²) in [6.45, 7) is 2.04. The largest absolute Gasteiger partial charge is 0.494 e. The van der Waals surface area contributed by atoms with Crippen molar-refractivity contribution in [3.63, 3.8) is 0 Å². The van der Waals surface area contributed by atoms with E-state index >= 15 is 0 Å². The van der Waals surface area contributed by atoms with Crippen LogP contribution in [0.25, 0.3) is 32.7 Å². The highest BCUT2D eigenvalue weighted by Crippen LogP contribution is 2.46. The van der Waals surface area contributed by atoms with E-state index in [-0.39, 0.29) is 0 Å². The molecular formula is C54H66N4O4. The first-order chi connectivity index (χ1) is 30.7. The van der Waals surface area contributed by atoms with Gasteiger partial charge in [0.25, 0.3) is 0 Å². The van der Waals surface area contributed by atoms with Gasteiger partial charge < -0.3 is 19.7 Å². The maximum Gasteiger partial charge on any atom is 0.119 e. The van der Waals surface area contributed by atoms with Crippen LogP contribution in [0.5, 0.6) is 11.5 Å². The second-order valence-corrected chi connectivity index (χ2v) is 16.3. The number of hydrogen-bond acceptors (Lipinski definition) is 8. The molecule has 6 rings (SSSR count). The summed E-state index contributed by atoms with van der Waals surface area (Å²) in [5.41, 5.74) is 4.91. The zero-order chi connectivity index (χ0) is 42.9. The number of aliphatic hydroxyl groups is 2. The quantitative estimate of drug-likeness (QED) is 0.0362. The number of fused-ring (bicyclic) bond motifs is 2. The Labute approximate surface area is 369 Å². The molecule has 0 aliphatic rings. The fourth-order valence-corrected chi connectivity index (χ4v) is 7.94. The molecule has 0 atom stereocenters. The summed E-state index contributed by atoms with van der Waals surface area (Å²) in [5.74, 6) is 1.68. The van der Waals surface area contributed by atoms with Crippen molar-refractivity contribution in [1.82, 2.24) is 0 Å². The van der Waals surface area contributed by atoms with Gasteiger partial charge in [0.2, 0.25) is 0 Å². The average molecular weight is 835 g/mol. The topological polar surface area (TPSA) is 108 Å². The number of rotatable bonds is 29. The normalized spacial score (nSPS) is 11.7. The summed E-state index contributed by atoms with van der Waals surface area (Å²) >= 11 is 0. The first kappa shape index (κ1) is 46.1. The predicted molar refractivity (Wildman–Crippen MR) is 256 cm³/mol. The number of aliphatic hydroxyl groups excluding tert-OH is 2. The van der Waals surface area contributed by atoms with E-state index < -0.39 is 0 Å². The lowest BCUT2D eigenvalue weighted by atomic mass is 9.91. The Morgan fingerprint density at radius 1 is 0.323 bits per heavy atom. The molecule has 326 valence electrons. The number of ether oxygens (including phenoxy) is 2. The molecule has 0 radical (unpaired) electrons. The van der Waals surface area contributed by atoms with Crippen LogP contribution in [0.3, 0.4) is 0 Å². The molecule has 8 heteroatoms. The zero-order valence-corrected chi connectivity index (χ0v) is 36.6. The van der Waals surface area contributed by atoms with Crippen molar-refractivity contribution in [2.45, 2.75) is 116 Å². The van der Waals surface area contributed by atoms with Crippen LogP contribution in [0, 0.1) is 0 Å². The first-order valence-electron chi connectivity index (χ1n) is 23.3. The molecule has 2 N–H and O–H groups in total. The van der Waals surface area contributed by atoms with Crippen LogP contribution < -0.4 is 9.47 Å². The minimum atomic E-state index is 0.312. The van der Waals surface area contributed by atoms with Crippen molar-refractivity contribution in [3.05, 3.63) is 121 Å². The summed E-state index contributed by atoms with van der Waals surface area (Å²) in [7, 11) is 0. The van der Waals surface area contributed by atoms with E-state index in [0.717, 1.165) is 105 Å². The molecule has 0 saturated carbocycles. The van der Waals surface area contributed by atoms with Gasteiger partial charge in [0, 0.05) is 24.3 Å². The maximum absolute atomic E-state index is 8.92. The zero-order valence-electron chi connectivity index (χ0n) is 36.6. The highest BCUT2D eigenvalue weighted by Gasteiger charge is 2.18. The van der Waals surface area contributed by atoms with Gasteiger partial charge in [0.15, 0.2) is 0 Å². The van der Waals surface area contributed by atoms with Gasteiger partial charge in [-0.25, -0.2) is 0 Å². The Hall–Kier alpha value is -5.44. The van der Waals surface area contributed by atoms with Crippen molar-refractivity contribution < 1.29 is 19.7 Å². The molecule has 0 fully saturated rings. The molecule has 62 heavy (non-hydrogen) atoms. The molecule has 0 bridgehead atoms. The molecule has 0 aliphatic carbocycles. The number of nitrogens with zero attached hydrogens (tertiary/aromatic N) is 4. The Bertz CT molecular complexity index is 2090. The van der Waals surface area contributed by atoms with Gasteiger partial charge >= 0.3 is 0 Å². The van der Waals surface area contributed by atoms with Crippen LogP contribution in [-0.4, -0.2) is 36.6 Å². The Morgan fingerprint density at radius 3 is 1.03 bits per heavy atom. The molecule has 0 spiro atoms. The van der Waals surface area contributed by atoms with Crippen LogP contribution in [0.15, 0.2) is 142 Å². The average Bonchev–Trinajstić information content (AvgIpc) is 3.31. The number of benzene rings is 6. The molecule has 8 nitrogen and oxygen atoms in total. The van der Waals surface area contributed by atoms with Crippen molar-refractivity contribution in [2.75, 3.05) is 26.4 Å². The molecule has 0 heterocycles. The van der Waals surface area contributed by atoms with Gasteiger partial charge in [-0.1, -0.05) is 151 Å². The molecule has 6 aromatic rings. The SMILES string of the molecule is OCCCCCCCCCCCOc1ccc(N=Nc2ccc3ccccc3c2-c2c(N=Nc3ccc(OCCCCCCCCCCCO)cc3)ccc3ccccc23)cc1. The molecule has 6 aromatic carbocycles. The molecule has 0 amide bonds. The van der Waals surface area contributed by atoms with E-state index in [2.05, 4.69) is 60.7 Å². The third-order valence-corrected chi connectivity index (χ3v) is 11.4. The second kappa shape index (κ2) is 26.8. The number of hydrogen-bond donors (Lipinski definition) is 2. The fourth-order valence-electron chi connectivity index (χ4n) is 7.94. The Balaban J connectivity index is 1.10. The third-order valence-electron chi connectivity index (χ3n) is 11.4. The lowest BCUT2D eigenvalue weighted by Crippen LogP contribution is -1.96. The number of azo groups is 2. The summed E-state index contributed by atoms with van der Waals surface area (Å²) in [4.78, 5) is 0. The molecule has 0 unspecified atom stereocenters. The van der Waals surface area contributed by atoms with Gasteiger partial charge in [-0.05, 0) is 108 Å². The monoisotopic (exact) mass is 835 g/mol. The lowest BCUT2D eigenvalue weighted by Gasteiger charge is -2.15. The van der Waals surface area contributed by atoms with E-state index in [1.165, 1.54) is 77.0 Å². The number of unbranched alkanes of at least 4 members (excludes halogenated alkanes) is 16. The maximum atomic E-state index is 8.92. The van der Waals surface area contributed by atoms with Crippen LogP contribution >= 0.6 is 0 Å². The van der Waals surface area contributed by atoms with Crippen molar-refractivity contribution in [2.24, 2.45) is 20.5 Å². The van der Waals surface area contributed by atoms with Gasteiger partial charge in [-0.2, -0.15) is 10.2 Å². The molecule has 0 aliphatic heterocycles. The highest BCUT2D eigenvalue weighted by molar-refractivity contribution is 6.12. The molecule has 0 saturated heterocycles. The van der Waals surface area contributed by atoms with Crippen molar-refractivity contribution in [3.8, 4) is 22.6 Å². The van der Waals surface area contributed by atoms with Crippen LogP contribution in [-0.2, 0) is 0 Å². The molecule has 0 aromatic heterocycles. The summed E-state index contributed by atoms with van der Waals surface area (Å²) in [6.07, 6.45) is 21.1. The van der Waals surface area contributed by atoms with Gasteiger partial charge in [0.1, 0.15) is 11.5 Å². The van der Waals surface area contributed by atoms with Crippen LogP contribution in [0.1, 0.15) is 116 Å². The van der Waals surface area contributed by atoms with Crippen LogP contribution in [0.4, 0.5) is 22.7 Å². The predicted octanol–water partition coefficient (Wildman–Crippen LogP) is 16.3. The van der Waals surface area contributed by atoms with Gasteiger partial charge in [-0.15, -0.1) is 10.2 Å². The summed E-state index contributed by atoms with van der Waals surface area (Å²) in [6, 6.07) is 40.8. The van der Waals surface area contributed by atoms with Gasteiger partial charge in [-0.3, -0.25) is 0 Å². The smallest absolute Gasteiger partial charge is 0.119 e. The van der Waals surface area contributed by atoms with Crippen LogP contribution in [0.2, 0.25) is 0 Å². The van der Waals surface area contributed by atoms with E-state index in [0.29, 0.717) is 26.4 Å². The minimum absolute atomic E-state index is 0.312. The highest BCUT2D eigenvalue weighted by atomic mass is 16.5. The van der Waals surface area contributed by atoms with Crippen molar-refractivity contribution in [1.29, 1.82) is 0 Å². The second-order valence-electron chi connectivity index (χ2n) is 16.3. The third kappa shape index (κ3) is 14.9. The summed E-state index contributed by atoms with van der Waals surface area (Å²) < 4.78 is 12.1. The standard InChI is InChI=1S/C54H66N4O4/c59-39-19-11-7-3-1-5-9-13-21-41-61-47-33-29-45(30-34-47)55-57-51-37-27-43-23-15-17-25-49(43)53(51)54-50-26-18-16-24-44(50)28-38-52(54)58-56-46-31-35-48(36-32-46)62-42-22-14-10-6-2-4-8-12-20-40-60/h15-18,23-38,59-60H,1-14,19-22,39-42H2. The fraction of sp³-hybridized carbons (Fsp3) is 0.407.